The van der Waals surface area contributed by atoms with Gasteiger partial charge in [-0.15, -0.1) is 0 Å². The van der Waals surface area contributed by atoms with Crippen LogP contribution in [-0.4, -0.2) is 37.3 Å². The third-order valence-corrected chi connectivity index (χ3v) is 3.59. The average Bonchev–Trinajstić information content (AvgIpc) is 2.62. The van der Waals surface area contributed by atoms with Gasteiger partial charge in [-0.2, -0.15) is 0 Å². The topological polar surface area (TPSA) is 23.5 Å². The van der Waals surface area contributed by atoms with Crippen molar-refractivity contribution in [3.63, 3.8) is 0 Å². The van der Waals surface area contributed by atoms with Crippen molar-refractivity contribution >= 4 is 0 Å². The first-order valence-corrected chi connectivity index (χ1v) is 5.16. The second kappa shape index (κ2) is 3.43. The van der Waals surface area contributed by atoms with Crippen LogP contribution in [0.15, 0.2) is 12.2 Å². The van der Waals surface area contributed by atoms with Gasteiger partial charge in [0.05, 0.1) is 0 Å². The van der Waals surface area contributed by atoms with E-state index in [-0.39, 0.29) is 0 Å². The van der Waals surface area contributed by atoms with Crippen LogP contribution in [0.2, 0.25) is 0 Å². The fourth-order valence-electron chi connectivity index (χ4n) is 2.99. The fourth-order valence-corrected chi connectivity index (χ4v) is 2.99. The van der Waals surface area contributed by atoms with Crippen molar-refractivity contribution < 1.29 is 5.11 Å². The van der Waals surface area contributed by atoms with E-state index < -0.39 is 0 Å². The van der Waals surface area contributed by atoms with E-state index in [1.165, 1.54) is 6.42 Å². The van der Waals surface area contributed by atoms with E-state index in [1.807, 2.05) is 0 Å². The molecule has 0 saturated heterocycles. The summed E-state index contributed by atoms with van der Waals surface area (Å²) in [4.78, 5) is 2.24. The zero-order valence-electron chi connectivity index (χ0n) is 8.48. The number of fused-ring (bicyclic) bond motifs is 2. The molecule has 0 aromatic carbocycles. The Balaban J connectivity index is 2.05. The van der Waals surface area contributed by atoms with E-state index in [4.69, 9.17) is 0 Å². The van der Waals surface area contributed by atoms with Crippen LogP contribution in [0.3, 0.4) is 0 Å². The van der Waals surface area contributed by atoms with Gasteiger partial charge < -0.3 is 10.0 Å². The van der Waals surface area contributed by atoms with Crippen LogP contribution < -0.4 is 0 Å². The van der Waals surface area contributed by atoms with Crippen molar-refractivity contribution in [1.29, 1.82) is 0 Å². The number of rotatable bonds is 3. The molecule has 0 aromatic rings. The molecule has 1 saturated carbocycles. The fraction of sp³-hybridized carbons (Fsp3) is 0.818. The number of allylic oxidation sites excluding steroid dienone is 2. The van der Waals surface area contributed by atoms with E-state index >= 15 is 0 Å². The van der Waals surface area contributed by atoms with Gasteiger partial charge >= 0.3 is 0 Å². The molecule has 0 spiro atoms. The Morgan fingerprint density at radius 3 is 2.38 bits per heavy atom. The standard InChI is InChI=1S/C11H19NO/c1-12(2)6-10-8-3-4-9(5-8)11(10)7-13/h3-4,8-11,13H,5-7H2,1-2H3/t8-,9-,10+,11-/m0/s1. The average molecular weight is 181 g/mol. The Labute approximate surface area is 80.2 Å². The van der Waals surface area contributed by atoms with Crippen LogP contribution >= 0.6 is 0 Å². The lowest BCUT2D eigenvalue weighted by Crippen LogP contribution is -2.32. The molecular weight excluding hydrogens is 162 g/mol. The summed E-state index contributed by atoms with van der Waals surface area (Å²) >= 11 is 0. The van der Waals surface area contributed by atoms with Gasteiger partial charge in [0.1, 0.15) is 0 Å². The van der Waals surface area contributed by atoms with Gasteiger partial charge in [0.2, 0.25) is 0 Å². The highest BCUT2D eigenvalue weighted by molar-refractivity contribution is 5.13. The Hall–Kier alpha value is -0.340. The van der Waals surface area contributed by atoms with Crippen LogP contribution in [-0.2, 0) is 0 Å². The molecule has 1 N–H and O–H groups in total. The van der Waals surface area contributed by atoms with E-state index in [0.717, 1.165) is 12.5 Å². The molecule has 2 rings (SSSR count). The molecule has 74 valence electrons. The Morgan fingerprint density at radius 2 is 1.85 bits per heavy atom. The lowest BCUT2D eigenvalue weighted by molar-refractivity contribution is 0.143. The number of nitrogens with zero attached hydrogens (tertiary/aromatic N) is 1. The Morgan fingerprint density at radius 1 is 1.23 bits per heavy atom. The van der Waals surface area contributed by atoms with Gasteiger partial charge in [-0.25, -0.2) is 0 Å². The molecule has 0 amide bonds. The van der Waals surface area contributed by atoms with E-state index in [1.54, 1.807) is 0 Å². The van der Waals surface area contributed by atoms with Crippen LogP contribution in [0.5, 0.6) is 0 Å². The van der Waals surface area contributed by atoms with Gasteiger partial charge in [0.25, 0.3) is 0 Å². The predicted molar refractivity (Wildman–Crippen MR) is 53.4 cm³/mol. The normalized spacial score (nSPS) is 42.2. The number of hydrogen-bond donors (Lipinski definition) is 1. The van der Waals surface area contributed by atoms with E-state index in [2.05, 4.69) is 31.1 Å². The SMILES string of the molecule is CN(C)C[C@H]1[C@@H](CO)[C@H]2C=C[C@H]1C2. The molecule has 2 heteroatoms. The summed E-state index contributed by atoms with van der Waals surface area (Å²) in [7, 11) is 4.23. The molecular formula is C11H19NO. The summed E-state index contributed by atoms with van der Waals surface area (Å²) in [5, 5.41) is 9.32. The molecule has 13 heavy (non-hydrogen) atoms. The minimum Gasteiger partial charge on any atom is -0.396 e. The Kier molecular flexibility index (Phi) is 2.43. The van der Waals surface area contributed by atoms with Crippen molar-refractivity contribution in [2.24, 2.45) is 23.7 Å². The first-order chi connectivity index (χ1) is 6.22. The van der Waals surface area contributed by atoms with Crippen LogP contribution in [0.4, 0.5) is 0 Å². The number of hydrogen-bond acceptors (Lipinski definition) is 2. The highest BCUT2D eigenvalue weighted by Crippen LogP contribution is 2.47. The summed E-state index contributed by atoms with van der Waals surface area (Å²) < 4.78 is 0. The largest absolute Gasteiger partial charge is 0.396 e. The minimum atomic E-state index is 0.365. The molecule has 0 radical (unpaired) electrons. The lowest BCUT2D eigenvalue weighted by atomic mass is 9.83. The lowest BCUT2D eigenvalue weighted by Gasteiger charge is -2.28. The molecule has 4 atom stereocenters. The highest BCUT2D eigenvalue weighted by Gasteiger charge is 2.43. The monoisotopic (exact) mass is 181 g/mol. The molecule has 0 aromatic heterocycles. The van der Waals surface area contributed by atoms with Crippen LogP contribution in [0.25, 0.3) is 0 Å². The second-order valence-electron chi connectivity index (χ2n) is 4.72. The summed E-state index contributed by atoms with van der Waals surface area (Å²) in [6, 6.07) is 0. The van der Waals surface area contributed by atoms with E-state index in [0.29, 0.717) is 24.4 Å². The molecule has 0 unspecified atom stereocenters. The molecule has 2 bridgehead atoms. The van der Waals surface area contributed by atoms with Crippen LogP contribution in [0.1, 0.15) is 6.42 Å². The first-order valence-electron chi connectivity index (χ1n) is 5.16. The number of aliphatic hydroxyl groups excluding tert-OH is 1. The van der Waals surface area contributed by atoms with E-state index in [9.17, 15) is 5.11 Å². The molecule has 2 aliphatic carbocycles. The van der Waals surface area contributed by atoms with Crippen molar-refractivity contribution in [3.05, 3.63) is 12.2 Å². The summed E-state index contributed by atoms with van der Waals surface area (Å²) in [5.41, 5.74) is 0. The molecule has 1 fully saturated rings. The molecule has 2 aliphatic rings. The molecule has 0 aliphatic heterocycles. The minimum absolute atomic E-state index is 0.365. The summed E-state index contributed by atoms with van der Waals surface area (Å²) in [6.07, 6.45) is 5.94. The van der Waals surface area contributed by atoms with Gasteiger partial charge in [0, 0.05) is 13.2 Å². The van der Waals surface area contributed by atoms with Gasteiger partial charge in [0.15, 0.2) is 0 Å². The van der Waals surface area contributed by atoms with Gasteiger partial charge in [-0.1, -0.05) is 12.2 Å². The quantitative estimate of drug-likeness (QED) is 0.656. The summed E-state index contributed by atoms with van der Waals surface area (Å²) in [5.74, 6) is 2.62. The van der Waals surface area contributed by atoms with Crippen LogP contribution in [0, 0.1) is 23.7 Å². The van der Waals surface area contributed by atoms with Gasteiger partial charge in [-0.3, -0.25) is 0 Å². The smallest absolute Gasteiger partial charge is 0.0468 e. The third kappa shape index (κ3) is 1.53. The number of aliphatic hydroxyl groups is 1. The summed E-state index contributed by atoms with van der Waals surface area (Å²) in [6.45, 7) is 1.49. The van der Waals surface area contributed by atoms with Crippen molar-refractivity contribution in [2.45, 2.75) is 6.42 Å². The predicted octanol–water partition coefficient (Wildman–Crippen LogP) is 0.979. The maximum atomic E-state index is 9.32. The highest BCUT2D eigenvalue weighted by atomic mass is 16.3. The molecule has 2 nitrogen and oxygen atoms in total. The Bertz CT molecular complexity index is 212. The third-order valence-electron chi connectivity index (χ3n) is 3.59. The second-order valence-corrected chi connectivity index (χ2v) is 4.72. The van der Waals surface area contributed by atoms with Crippen molar-refractivity contribution in [1.82, 2.24) is 4.90 Å². The zero-order chi connectivity index (χ0) is 9.42. The van der Waals surface area contributed by atoms with Crippen molar-refractivity contribution in [3.8, 4) is 0 Å². The van der Waals surface area contributed by atoms with Crippen molar-refractivity contribution in [2.75, 3.05) is 27.2 Å². The maximum absolute atomic E-state index is 9.32. The maximum Gasteiger partial charge on any atom is 0.0468 e. The zero-order valence-corrected chi connectivity index (χ0v) is 8.48. The van der Waals surface area contributed by atoms with Gasteiger partial charge in [-0.05, 0) is 44.2 Å². The first kappa shape index (κ1) is 9.22. The molecule has 0 heterocycles.